The summed E-state index contributed by atoms with van der Waals surface area (Å²) >= 11 is 0. The summed E-state index contributed by atoms with van der Waals surface area (Å²) in [7, 11) is 2.15. The van der Waals surface area contributed by atoms with Gasteiger partial charge in [-0.3, -0.25) is 14.6 Å². The van der Waals surface area contributed by atoms with E-state index >= 15 is 0 Å². The molecular formula is C21H29N3O+2. The van der Waals surface area contributed by atoms with E-state index in [0.29, 0.717) is 11.9 Å². The van der Waals surface area contributed by atoms with Crippen LogP contribution in [0.1, 0.15) is 38.4 Å². The van der Waals surface area contributed by atoms with Gasteiger partial charge in [0.2, 0.25) is 6.17 Å². The Kier molecular flexibility index (Phi) is 3.09. The van der Waals surface area contributed by atoms with Crippen molar-refractivity contribution < 1.29 is 14.6 Å². The molecule has 0 amide bonds. The number of aromatic nitrogens is 1. The zero-order chi connectivity index (χ0) is 17.4. The zero-order valence-corrected chi connectivity index (χ0v) is 15.6. The first-order valence-electron chi connectivity index (χ1n) is 9.75. The fourth-order valence-electron chi connectivity index (χ4n) is 6.59. The molecule has 4 fully saturated rings. The summed E-state index contributed by atoms with van der Waals surface area (Å²) < 4.78 is 2.27. The highest BCUT2D eigenvalue weighted by molar-refractivity contribution is 5.92. The number of piperidine rings is 2. The summed E-state index contributed by atoms with van der Waals surface area (Å²) in [6.07, 6.45) is 5.00. The third-order valence-electron chi connectivity index (χ3n) is 7.18. The molecule has 4 aliphatic heterocycles. The van der Waals surface area contributed by atoms with Gasteiger partial charge in [-0.2, -0.15) is 0 Å². The van der Waals surface area contributed by atoms with Crippen LogP contribution in [0.5, 0.6) is 0 Å². The van der Waals surface area contributed by atoms with Gasteiger partial charge in [0.25, 0.3) is 0 Å². The summed E-state index contributed by atoms with van der Waals surface area (Å²) in [6.45, 7) is 8.55. The highest BCUT2D eigenvalue weighted by Gasteiger charge is 2.69. The smallest absolute Gasteiger partial charge is 0.242 e. The second kappa shape index (κ2) is 4.95. The Hall–Kier alpha value is -1.65. The van der Waals surface area contributed by atoms with E-state index in [2.05, 4.69) is 55.9 Å². The number of carbonyl (C=O) groups excluding carboxylic acids is 1. The van der Waals surface area contributed by atoms with Crippen LogP contribution in [0, 0.1) is 10.8 Å². The maximum atomic E-state index is 13.2. The SMILES string of the molecule is CCCC12C[NH+]3CC(C)(C[NH+](C1)C3c1cn(C)c3ccccc13)C2=O. The number of nitrogens with one attached hydrogen (secondary N) is 2. The molecule has 0 radical (unpaired) electrons. The quantitative estimate of drug-likeness (QED) is 0.831. The van der Waals surface area contributed by atoms with Crippen molar-refractivity contribution in [3.8, 4) is 0 Å². The Morgan fingerprint density at radius 2 is 1.84 bits per heavy atom. The first-order chi connectivity index (χ1) is 12.0. The first kappa shape index (κ1) is 15.6. The number of para-hydroxylation sites is 1. The number of benzene rings is 1. The van der Waals surface area contributed by atoms with Gasteiger partial charge in [-0.05, 0) is 19.4 Å². The van der Waals surface area contributed by atoms with Crippen LogP contribution in [0.3, 0.4) is 0 Å². The fraction of sp³-hybridized carbons (Fsp3) is 0.571. The Balaban J connectivity index is 1.61. The summed E-state index contributed by atoms with van der Waals surface area (Å²) in [6, 6.07) is 8.76. The molecular weight excluding hydrogens is 310 g/mol. The van der Waals surface area contributed by atoms with Crippen LogP contribution in [0.4, 0.5) is 0 Å². The lowest BCUT2D eigenvalue weighted by Gasteiger charge is -2.59. The average molecular weight is 339 g/mol. The molecule has 4 aliphatic rings. The lowest BCUT2D eigenvalue weighted by atomic mass is 9.59. The van der Waals surface area contributed by atoms with Crippen LogP contribution in [-0.4, -0.2) is 36.5 Å². The summed E-state index contributed by atoms with van der Waals surface area (Å²) in [5.41, 5.74) is 2.62. The van der Waals surface area contributed by atoms with Crippen molar-refractivity contribution in [2.24, 2.45) is 17.9 Å². The maximum Gasteiger partial charge on any atom is 0.242 e. The van der Waals surface area contributed by atoms with Gasteiger partial charge in [0.05, 0.1) is 5.56 Å². The van der Waals surface area contributed by atoms with Gasteiger partial charge in [0.1, 0.15) is 37.0 Å². The number of aryl methyl sites for hydroxylation is 1. The molecule has 4 nitrogen and oxygen atoms in total. The predicted octanol–water partition coefficient (Wildman–Crippen LogP) is 0.349. The number of hydrogen-bond acceptors (Lipinski definition) is 1. The molecule has 2 aromatic rings. The van der Waals surface area contributed by atoms with E-state index in [0.717, 1.165) is 39.0 Å². The van der Waals surface area contributed by atoms with Crippen molar-refractivity contribution in [2.75, 3.05) is 26.2 Å². The molecule has 132 valence electrons. The Bertz CT molecular complexity index is 851. The molecule has 2 atom stereocenters. The number of quaternary nitrogens is 2. The van der Waals surface area contributed by atoms with Gasteiger partial charge in [-0.1, -0.05) is 31.5 Å². The lowest BCUT2D eigenvalue weighted by Crippen LogP contribution is -3.41. The number of rotatable bonds is 3. The van der Waals surface area contributed by atoms with Crippen molar-refractivity contribution in [3.63, 3.8) is 0 Å². The van der Waals surface area contributed by atoms with Crippen LogP contribution in [0.25, 0.3) is 10.9 Å². The third kappa shape index (κ3) is 1.92. The van der Waals surface area contributed by atoms with E-state index in [9.17, 15) is 4.79 Å². The molecule has 2 N–H and O–H groups in total. The van der Waals surface area contributed by atoms with Crippen molar-refractivity contribution in [1.82, 2.24) is 4.57 Å². The number of carbonyl (C=O) groups is 1. The molecule has 1 aromatic carbocycles. The minimum absolute atomic E-state index is 0.0637. The molecule has 1 aromatic heterocycles. The van der Waals surface area contributed by atoms with E-state index in [4.69, 9.17) is 0 Å². The van der Waals surface area contributed by atoms with Crippen LogP contribution in [0.15, 0.2) is 30.5 Å². The molecule has 4 bridgehead atoms. The van der Waals surface area contributed by atoms with Crippen molar-refractivity contribution in [2.45, 2.75) is 32.9 Å². The monoisotopic (exact) mass is 339 g/mol. The van der Waals surface area contributed by atoms with Gasteiger partial charge < -0.3 is 4.57 Å². The van der Waals surface area contributed by atoms with Crippen molar-refractivity contribution >= 4 is 16.7 Å². The first-order valence-corrected chi connectivity index (χ1v) is 9.75. The topological polar surface area (TPSA) is 30.9 Å². The van der Waals surface area contributed by atoms with Gasteiger partial charge in [-0.15, -0.1) is 0 Å². The molecule has 0 aliphatic carbocycles. The van der Waals surface area contributed by atoms with Crippen molar-refractivity contribution in [1.29, 1.82) is 0 Å². The summed E-state index contributed by atoms with van der Waals surface area (Å²) in [5.74, 6) is 0.575. The normalized spacial score (nSPS) is 39.5. The van der Waals surface area contributed by atoms with Crippen LogP contribution < -0.4 is 9.80 Å². The van der Waals surface area contributed by atoms with Crippen LogP contribution in [-0.2, 0) is 11.8 Å². The standard InChI is InChI=1S/C21H27N3O/c1-4-9-21-13-23-11-20(2,19(21)25)12-24(14-21)18(23)16-10-22(3)17-8-6-5-7-15(16)17/h5-8,10,18H,4,9,11-14H2,1-3H3/p+2. The van der Waals surface area contributed by atoms with E-state index in [1.165, 1.54) is 16.5 Å². The Labute approximate surface area is 149 Å². The highest BCUT2D eigenvalue weighted by Crippen LogP contribution is 2.40. The van der Waals surface area contributed by atoms with E-state index in [-0.39, 0.29) is 10.8 Å². The largest absolute Gasteiger partial charge is 0.350 e. The Morgan fingerprint density at radius 1 is 1.16 bits per heavy atom. The number of nitrogens with zero attached hydrogens (tertiary/aromatic N) is 1. The van der Waals surface area contributed by atoms with E-state index in [1.54, 1.807) is 9.80 Å². The van der Waals surface area contributed by atoms with Gasteiger partial charge in [0.15, 0.2) is 5.78 Å². The van der Waals surface area contributed by atoms with Crippen LogP contribution in [0.2, 0.25) is 0 Å². The molecule has 6 rings (SSSR count). The molecule has 5 heterocycles. The van der Waals surface area contributed by atoms with Crippen LogP contribution >= 0.6 is 0 Å². The zero-order valence-electron chi connectivity index (χ0n) is 15.6. The summed E-state index contributed by atoms with van der Waals surface area (Å²) in [5, 5.41) is 1.39. The fourth-order valence-corrected chi connectivity index (χ4v) is 6.59. The maximum absolute atomic E-state index is 13.2. The second-order valence-electron chi connectivity index (χ2n) is 9.09. The van der Waals surface area contributed by atoms with Gasteiger partial charge >= 0.3 is 0 Å². The minimum atomic E-state index is -0.114. The molecule has 4 saturated heterocycles. The van der Waals surface area contributed by atoms with E-state index < -0.39 is 0 Å². The molecule has 0 saturated carbocycles. The van der Waals surface area contributed by atoms with Crippen molar-refractivity contribution in [3.05, 3.63) is 36.0 Å². The third-order valence-corrected chi connectivity index (χ3v) is 7.18. The molecule has 4 heteroatoms. The molecule has 2 unspecified atom stereocenters. The molecule has 0 spiro atoms. The number of fused-ring (bicyclic) bond motifs is 1. The highest BCUT2D eigenvalue weighted by atomic mass is 16.1. The average Bonchev–Trinajstić information content (AvgIpc) is 2.89. The summed E-state index contributed by atoms with van der Waals surface area (Å²) in [4.78, 5) is 16.5. The molecule has 25 heavy (non-hydrogen) atoms. The number of Topliss-reactive ketones (excluding diaryl/α,β-unsaturated/α-hetero) is 1. The lowest BCUT2D eigenvalue weighted by molar-refractivity contribution is -1.18. The van der Waals surface area contributed by atoms with Gasteiger partial charge in [-0.25, -0.2) is 0 Å². The Morgan fingerprint density at radius 3 is 2.52 bits per heavy atom. The minimum Gasteiger partial charge on any atom is -0.350 e. The second-order valence-corrected chi connectivity index (χ2v) is 9.09. The predicted molar refractivity (Wildman–Crippen MR) is 97.5 cm³/mol. The van der Waals surface area contributed by atoms with E-state index in [1.807, 2.05) is 0 Å². The number of ketones is 1. The number of hydrogen-bond donors (Lipinski definition) is 2. The van der Waals surface area contributed by atoms with Gasteiger partial charge in [0, 0.05) is 24.1 Å².